The molecule has 1 amide bonds. The molecule has 6 nitrogen and oxygen atoms in total. The van der Waals surface area contributed by atoms with Crippen LogP contribution < -0.4 is 0 Å². The molecule has 0 N–H and O–H groups in total. The van der Waals surface area contributed by atoms with E-state index in [0.29, 0.717) is 6.61 Å². The van der Waals surface area contributed by atoms with Crippen LogP contribution in [0.15, 0.2) is 54.6 Å². The molecule has 1 aliphatic rings. The van der Waals surface area contributed by atoms with Crippen LogP contribution in [0.1, 0.15) is 31.5 Å². The summed E-state index contributed by atoms with van der Waals surface area (Å²) in [5.74, 6) is 0. The van der Waals surface area contributed by atoms with Crippen molar-refractivity contribution in [1.29, 1.82) is 0 Å². The van der Waals surface area contributed by atoms with Crippen molar-refractivity contribution in [3.8, 4) is 0 Å². The van der Waals surface area contributed by atoms with E-state index in [0.717, 1.165) is 30.3 Å². The van der Waals surface area contributed by atoms with E-state index in [2.05, 4.69) is 29.4 Å². The number of carbonyl (C=O) groups is 1. The van der Waals surface area contributed by atoms with Crippen LogP contribution in [0.3, 0.4) is 0 Å². The van der Waals surface area contributed by atoms with Gasteiger partial charge in [-0.25, -0.2) is 9.48 Å². The van der Waals surface area contributed by atoms with Gasteiger partial charge >= 0.3 is 6.09 Å². The zero-order valence-corrected chi connectivity index (χ0v) is 14.8. The molecule has 1 aliphatic heterocycles. The molecule has 1 fully saturated rings. The smallest absolute Gasteiger partial charge is 0.411 e. The van der Waals surface area contributed by atoms with Crippen molar-refractivity contribution >= 4 is 17.1 Å². The van der Waals surface area contributed by atoms with Crippen LogP contribution in [-0.2, 0) is 11.2 Å². The zero-order chi connectivity index (χ0) is 17.9. The Bertz CT molecular complexity index is 893. The number of para-hydroxylation sites is 1. The first kappa shape index (κ1) is 16.6. The average Bonchev–Trinajstić information content (AvgIpc) is 3.25. The monoisotopic (exact) mass is 350 g/mol. The molecule has 0 aliphatic carbocycles. The lowest BCUT2D eigenvalue weighted by Crippen LogP contribution is -2.41. The van der Waals surface area contributed by atoms with Gasteiger partial charge in [-0.05, 0) is 30.5 Å². The van der Waals surface area contributed by atoms with Crippen LogP contribution in [0.4, 0.5) is 4.79 Å². The molecular formula is C20H22N4O2. The fourth-order valence-electron chi connectivity index (χ4n) is 3.62. The molecule has 0 bridgehead atoms. The Morgan fingerprint density at radius 3 is 2.73 bits per heavy atom. The van der Waals surface area contributed by atoms with Crippen molar-refractivity contribution in [2.24, 2.45) is 0 Å². The van der Waals surface area contributed by atoms with Crippen LogP contribution >= 0.6 is 0 Å². The Hall–Kier alpha value is -2.89. The fourth-order valence-corrected chi connectivity index (χ4v) is 3.62. The third-order valence-corrected chi connectivity index (χ3v) is 4.85. The molecule has 0 saturated carbocycles. The number of ether oxygens (including phenoxy) is 1. The third kappa shape index (κ3) is 3.03. The quantitative estimate of drug-likeness (QED) is 0.678. The van der Waals surface area contributed by atoms with Crippen LogP contribution in [0.5, 0.6) is 0 Å². The number of cyclic esters (lactones) is 1. The molecule has 2 aromatic carbocycles. The van der Waals surface area contributed by atoms with Crippen molar-refractivity contribution in [3.63, 3.8) is 0 Å². The number of carbonyl (C=O) groups excluding carboxylic acids is 1. The first-order valence-corrected chi connectivity index (χ1v) is 9.07. The summed E-state index contributed by atoms with van der Waals surface area (Å²) < 4.78 is 7.28. The van der Waals surface area contributed by atoms with Crippen LogP contribution in [0, 0.1) is 0 Å². The third-order valence-electron chi connectivity index (χ3n) is 4.85. The van der Waals surface area contributed by atoms with Crippen LogP contribution in [0.2, 0.25) is 0 Å². The Morgan fingerprint density at radius 2 is 1.92 bits per heavy atom. The predicted octanol–water partition coefficient (Wildman–Crippen LogP) is 3.79. The number of benzene rings is 2. The highest BCUT2D eigenvalue weighted by molar-refractivity contribution is 5.75. The highest BCUT2D eigenvalue weighted by atomic mass is 16.6. The summed E-state index contributed by atoms with van der Waals surface area (Å²) in [4.78, 5) is 14.4. The molecule has 6 heteroatoms. The summed E-state index contributed by atoms with van der Waals surface area (Å²) >= 11 is 0. The van der Waals surface area contributed by atoms with Crippen LogP contribution in [0.25, 0.3) is 11.0 Å². The number of hydrogen-bond acceptors (Lipinski definition) is 4. The predicted molar refractivity (Wildman–Crippen MR) is 98.6 cm³/mol. The minimum Gasteiger partial charge on any atom is -0.447 e. The number of nitrogens with zero attached hydrogens (tertiary/aromatic N) is 4. The summed E-state index contributed by atoms with van der Waals surface area (Å²) in [5.41, 5.74) is 2.96. The number of aromatic nitrogens is 3. The van der Waals surface area contributed by atoms with Crippen molar-refractivity contribution in [2.75, 3.05) is 6.61 Å². The Kier molecular flexibility index (Phi) is 4.56. The Morgan fingerprint density at radius 1 is 1.15 bits per heavy atom. The average molecular weight is 350 g/mol. The molecule has 1 aromatic heterocycles. The minimum absolute atomic E-state index is 0.00980. The van der Waals surface area contributed by atoms with Gasteiger partial charge in [-0.2, -0.15) is 0 Å². The lowest BCUT2D eigenvalue weighted by atomic mass is 10.0. The van der Waals surface area contributed by atoms with E-state index in [1.165, 1.54) is 5.56 Å². The van der Waals surface area contributed by atoms with E-state index in [1.54, 1.807) is 0 Å². The van der Waals surface area contributed by atoms with Crippen molar-refractivity contribution in [3.05, 3.63) is 60.2 Å². The number of rotatable bonds is 6. The van der Waals surface area contributed by atoms with Gasteiger partial charge in [-0.3, -0.25) is 4.90 Å². The highest BCUT2D eigenvalue weighted by Crippen LogP contribution is 2.30. The highest BCUT2D eigenvalue weighted by Gasteiger charge is 2.39. The number of amides is 1. The summed E-state index contributed by atoms with van der Waals surface area (Å²) in [5, 5.41) is 8.61. The van der Waals surface area contributed by atoms with Gasteiger partial charge in [0.25, 0.3) is 0 Å². The van der Waals surface area contributed by atoms with E-state index < -0.39 is 0 Å². The van der Waals surface area contributed by atoms with Gasteiger partial charge in [-0.15, -0.1) is 5.10 Å². The SMILES string of the molecule is CCCC(N1C(=O)OC[C@@H]1Cc1ccccc1)n1nnc2ccccc21. The maximum atomic E-state index is 12.6. The molecule has 0 spiro atoms. The molecule has 3 aromatic rings. The molecule has 2 heterocycles. The summed E-state index contributed by atoms with van der Waals surface area (Å²) in [6.45, 7) is 2.51. The minimum atomic E-state index is -0.274. The molecule has 2 atom stereocenters. The fraction of sp³-hybridized carbons (Fsp3) is 0.350. The van der Waals surface area contributed by atoms with Gasteiger partial charge in [0.05, 0.1) is 11.6 Å². The maximum Gasteiger partial charge on any atom is 0.411 e. The molecule has 4 rings (SSSR count). The normalized spacial score (nSPS) is 18.3. The van der Waals surface area contributed by atoms with E-state index in [4.69, 9.17) is 4.74 Å². The van der Waals surface area contributed by atoms with Gasteiger partial charge in [0.1, 0.15) is 18.3 Å². The standard InChI is InChI=1S/C20H22N4O2/c1-2-8-19(24-18-12-7-6-11-17(18)21-22-24)23-16(14-26-20(23)25)13-15-9-4-3-5-10-15/h3-7,9-12,16,19H,2,8,13-14H2,1H3/t16-,19?/m0/s1. The van der Waals surface area contributed by atoms with Crippen molar-refractivity contribution in [2.45, 2.75) is 38.4 Å². The molecule has 26 heavy (non-hydrogen) atoms. The lowest BCUT2D eigenvalue weighted by molar-refractivity contribution is 0.113. The second-order valence-corrected chi connectivity index (χ2v) is 6.62. The van der Waals surface area contributed by atoms with Crippen LogP contribution in [-0.4, -0.2) is 38.6 Å². The first-order valence-electron chi connectivity index (χ1n) is 9.07. The maximum absolute atomic E-state index is 12.6. The number of fused-ring (bicyclic) bond motifs is 1. The topological polar surface area (TPSA) is 60.2 Å². The molecule has 1 saturated heterocycles. The van der Waals surface area contributed by atoms with Gasteiger partial charge in [0.15, 0.2) is 0 Å². The van der Waals surface area contributed by atoms with Crippen molar-refractivity contribution < 1.29 is 9.53 Å². The zero-order valence-electron chi connectivity index (χ0n) is 14.8. The van der Waals surface area contributed by atoms with E-state index in [9.17, 15) is 4.79 Å². The second kappa shape index (κ2) is 7.15. The van der Waals surface area contributed by atoms with Crippen molar-refractivity contribution in [1.82, 2.24) is 19.9 Å². The summed E-state index contributed by atoms with van der Waals surface area (Å²) in [6, 6.07) is 18.0. The summed E-state index contributed by atoms with van der Waals surface area (Å²) in [7, 11) is 0. The largest absolute Gasteiger partial charge is 0.447 e. The van der Waals surface area contributed by atoms with E-state index in [1.807, 2.05) is 52.0 Å². The van der Waals surface area contributed by atoms with Gasteiger partial charge < -0.3 is 4.74 Å². The molecule has 134 valence electrons. The Balaban J connectivity index is 1.68. The van der Waals surface area contributed by atoms with Gasteiger partial charge in [-0.1, -0.05) is 61.0 Å². The molecular weight excluding hydrogens is 328 g/mol. The summed E-state index contributed by atoms with van der Waals surface area (Å²) in [6.07, 6.45) is 2.02. The molecule has 1 unspecified atom stereocenters. The molecule has 0 radical (unpaired) electrons. The lowest BCUT2D eigenvalue weighted by Gasteiger charge is -2.30. The first-order chi connectivity index (χ1) is 12.8. The van der Waals surface area contributed by atoms with E-state index in [-0.39, 0.29) is 18.3 Å². The Labute approximate surface area is 152 Å². The van der Waals surface area contributed by atoms with Gasteiger partial charge in [0.2, 0.25) is 0 Å². The van der Waals surface area contributed by atoms with E-state index >= 15 is 0 Å². The number of hydrogen-bond donors (Lipinski definition) is 0. The van der Waals surface area contributed by atoms with Gasteiger partial charge in [0, 0.05) is 0 Å². The second-order valence-electron chi connectivity index (χ2n) is 6.62.